The van der Waals surface area contributed by atoms with Gasteiger partial charge in [0.05, 0.1) is 0 Å². The molecule has 0 radical (unpaired) electrons. The maximum Gasteiger partial charge on any atom is 0.134 e. The fraction of sp³-hybridized carbons (Fsp3) is 0.765. The molecule has 0 spiro atoms. The third-order valence-electron chi connectivity index (χ3n) is 3.58. The average molecular weight is 292 g/mol. The van der Waals surface area contributed by atoms with Crippen LogP contribution in [-0.2, 0) is 6.42 Å². The molecule has 0 saturated heterocycles. The van der Waals surface area contributed by atoms with Gasteiger partial charge in [-0.2, -0.15) is 0 Å². The van der Waals surface area contributed by atoms with E-state index in [-0.39, 0.29) is 0 Å². The predicted molar refractivity (Wildman–Crippen MR) is 92.2 cm³/mol. The fourth-order valence-electron chi connectivity index (χ4n) is 2.27. The third-order valence-corrected chi connectivity index (χ3v) is 3.58. The maximum atomic E-state index is 4.72. The van der Waals surface area contributed by atoms with E-state index in [1.165, 1.54) is 19.3 Å². The summed E-state index contributed by atoms with van der Waals surface area (Å²) < 4.78 is 0. The van der Waals surface area contributed by atoms with Crippen LogP contribution in [0.25, 0.3) is 0 Å². The number of rotatable bonds is 10. The Morgan fingerprint density at radius 3 is 2.33 bits per heavy atom. The van der Waals surface area contributed by atoms with Gasteiger partial charge in [0.2, 0.25) is 0 Å². The van der Waals surface area contributed by atoms with Crippen LogP contribution in [0.5, 0.6) is 0 Å². The Kier molecular flexibility index (Phi) is 8.09. The monoisotopic (exact) mass is 292 g/mol. The average Bonchev–Trinajstić information content (AvgIpc) is 2.47. The predicted octanol–water partition coefficient (Wildman–Crippen LogP) is 4.55. The molecule has 1 heterocycles. The quantitative estimate of drug-likeness (QED) is 0.664. The van der Waals surface area contributed by atoms with Crippen molar-refractivity contribution in [3.05, 3.63) is 11.4 Å². The lowest BCUT2D eigenvalue weighted by Crippen LogP contribution is -2.19. The first-order valence-electron chi connectivity index (χ1n) is 8.50. The molecule has 21 heavy (non-hydrogen) atoms. The van der Waals surface area contributed by atoms with Crippen LogP contribution < -0.4 is 10.6 Å². The maximum absolute atomic E-state index is 4.72. The standard InChI is InChI=1S/C17H32N4/c1-6-9-11-13(4)19-17-14(5)16(18-12-8-3)20-15(21-17)10-7-2/h13H,6-12H2,1-5H3,(H2,18,19,20,21). The normalized spacial score (nSPS) is 12.2. The largest absolute Gasteiger partial charge is 0.370 e. The van der Waals surface area contributed by atoms with Crippen molar-refractivity contribution in [3.8, 4) is 0 Å². The van der Waals surface area contributed by atoms with E-state index in [1.807, 2.05) is 0 Å². The first-order valence-corrected chi connectivity index (χ1v) is 8.50. The molecule has 0 aliphatic carbocycles. The second kappa shape index (κ2) is 9.59. The second-order valence-corrected chi connectivity index (χ2v) is 5.83. The van der Waals surface area contributed by atoms with Crippen LogP contribution >= 0.6 is 0 Å². The Morgan fingerprint density at radius 1 is 1.00 bits per heavy atom. The summed E-state index contributed by atoms with van der Waals surface area (Å²) in [6.07, 6.45) is 6.77. The molecule has 120 valence electrons. The van der Waals surface area contributed by atoms with Crippen LogP contribution in [0, 0.1) is 6.92 Å². The summed E-state index contributed by atoms with van der Waals surface area (Å²) >= 11 is 0. The smallest absolute Gasteiger partial charge is 0.134 e. The summed E-state index contributed by atoms with van der Waals surface area (Å²) in [6, 6.07) is 0.451. The van der Waals surface area contributed by atoms with Gasteiger partial charge in [-0.1, -0.05) is 33.6 Å². The van der Waals surface area contributed by atoms with Crippen molar-refractivity contribution in [2.45, 2.75) is 79.2 Å². The zero-order valence-corrected chi connectivity index (χ0v) is 14.4. The molecule has 0 aliphatic heterocycles. The molecule has 1 unspecified atom stereocenters. The topological polar surface area (TPSA) is 49.8 Å². The summed E-state index contributed by atoms with van der Waals surface area (Å²) in [6.45, 7) is 11.9. The van der Waals surface area contributed by atoms with Crippen molar-refractivity contribution in [2.24, 2.45) is 0 Å². The van der Waals surface area contributed by atoms with E-state index >= 15 is 0 Å². The molecule has 1 aromatic heterocycles. The molecule has 0 fully saturated rings. The van der Waals surface area contributed by atoms with Crippen LogP contribution in [0.3, 0.4) is 0 Å². The molecule has 0 amide bonds. The first kappa shape index (κ1) is 17.7. The molecule has 4 heteroatoms. The van der Waals surface area contributed by atoms with Crippen molar-refractivity contribution < 1.29 is 0 Å². The Balaban J connectivity index is 2.90. The van der Waals surface area contributed by atoms with Crippen molar-refractivity contribution >= 4 is 11.6 Å². The van der Waals surface area contributed by atoms with Crippen molar-refractivity contribution in [1.29, 1.82) is 0 Å². The summed E-state index contributed by atoms with van der Waals surface area (Å²) in [5.41, 5.74) is 1.13. The zero-order valence-electron chi connectivity index (χ0n) is 14.4. The van der Waals surface area contributed by atoms with Crippen molar-refractivity contribution in [3.63, 3.8) is 0 Å². The SMILES string of the molecule is CCCCC(C)Nc1nc(CCC)nc(NCCC)c1C. The highest BCUT2D eigenvalue weighted by molar-refractivity contribution is 5.57. The molecular formula is C17H32N4. The van der Waals surface area contributed by atoms with Gasteiger partial charge in [0, 0.05) is 24.6 Å². The number of aryl methyl sites for hydroxylation is 1. The highest BCUT2D eigenvalue weighted by Gasteiger charge is 2.12. The van der Waals surface area contributed by atoms with E-state index in [0.29, 0.717) is 6.04 Å². The summed E-state index contributed by atoms with van der Waals surface area (Å²) in [5, 5.41) is 7.00. The Labute approximate surface area is 130 Å². The Morgan fingerprint density at radius 2 is 1.71 bits per heavy atom. The first-order chi connectivity index (χ1) is 10.1. The van der Waals surface area contributed by atoms with Gasteiger partial charge in [0.1, 0.15) is 17.5 Å². The number of hydrogen-bond acceptors (Lipinski definition) is 4. The van der Waals surface area contributed by atoms with Gasteiger partial charge in [0.15, 0.2) is 0 Å². The molecule has 0 aromatic carbocycles. The molecule has 0 saturated carbocycles. The summed E-state index contributed by atoms with van der Waals surface area (Å²) in [5.74, 6) is 2.92. The number of aromatic nitrogens is 2. The van der Waals surface area contributed by atoms with Crippen LogP contribution in [-0.4, -0.2) is 22.6 Å². The lowest BCUT2D eigenvalue weighted by Gasteiger charge is -2.19. The molecular weight excluding hydrogens is 260 g/mol. The van der Waals surface area contributed by atoms with Gasteiger partial charge in [0.25, 0.3) is 0 Å². The number of unbranched alkanes of at least 4 members (excludes halogenated alkanes) is 1. The fourth-order valence-corrected chi connectivity index (χ4v) is 2.27. The van der Waals surface area contributed by atoms with E-state index in [9.17, 15) is 0 Å². The van der Waals surface area contributed by atoms with Gasteiger partial charge in [-0.15, -0.1) is 0 Å². The van der Waals surface area contributed by atoms with Crippen LogP contribution in [0.15, 0.2) is 0 Å². The van der Waals surface area contributed by atoms with Gasteiger partial charge in [-0.3, -0.25) is 0 Å². The second-order valence-electron chi connectivity index (χ2n) is 5.83. The van der Waals surface area contributed by atoms with E-state index in [1.54, 1.807) is 0 Å². The molecule has 4 nitrogen and oxygen atoms in total. The van der Waals surface area contributed by atoms with Crippen LogP contribution in [0.2, 0.25) is 0 Å². The van der Waals surface area contributed by atoms with Gasteiger partial charge >= 0.3 is 0 Å². The molecule has 0 bridgehead atoms. The minimum absolute atomic E-state index is 0.451. The number of hydrogen-bond donors (Lipinski definition) is 2. The minimum Gasteiger partial charge on any atom is -0.370 e. The Bertz CT molecular complexity index is 417. The zero-order chi connectivity index (χ0) is 15.7. The molecule has 0 aliphatic rings. The third kappa shape index (κ3) is 5.90. The molecule has 1 aromatic rings. The van der Waals surface area contributed by atoms with Gasteiger partial charge < -0.3 is 10.6 Å². The van der Waals surface area contributed by atoms with Crippen molar-refractivity contribution in [1.82, 2.24) is 9.97 Å². The number of nitrogens with zero attached hydrogens (tertiary/aromatic N) is 2. The molecule has 1 rings (SSSR count). The molecule has 1 atom stereocenters. The van der Waals surface area contributed by atoms with Crippen molar-refractivity contribution in [2.75, 3.05) is 17.2 Å². The lowest BCUT2D eigenvalue weighted by atomic mass is 10.1. The summed E-state index contributed by atoms with van der Waals surface area (Å²) in [7, 11) is 0. The van der Waals surface area contributed by atoms with Crippen LogP contribution in [0.1, 0.15) is 71.2 Å². The van der Waals surface area contributed by atoms with Crippen LogP contribution in [0.4, 0.5) is 11.6 Å². The highest BCUT2D eigenvalue weighted by atomic mass is 15.1. The molecule has 2 N–H and O–H groups in total. The van der Waals surface area contributed by atoms with Gasteiger partial charge in [-0.25, -0.2) is 9.97 Å². The number of anilines is 2. The minimum atomic E-state index is 0.451. The van der Waals surface area contributed by atoms with E-state index < -0.39 is 0 Å². The van der Waals surface area contributed by atoms with Gasteiger partial charge in [-0.05, 0) is 33.1 Å². The van der Waals surface area contributed by atoms with E-state index in [2.05, 4.69) is 50.2 Å². The van der Waals surface area contributed by atoms with E-state index in [0.717, 1.165) is 48.8 Å². The number of nitrogens with one attached hydrogen (secondary N) is 2. The highest BCUT2D eigenvalue weighted by Crippen LogP contribution is 2.22. The summed E-state index contributed by atoms with van der Waals surface area (Å²) in [4.78, 5) is 9.38. The Hall–Kier alpha value is -1.32. The lowest BCUT2D eigenvalue weighted by molar-refractivity contribution is 0.641. The van der Waals surface area contributed by atoms with E-state index in [4.69, 9.17) is 4.98 Å².